The van der Waals surface area contributed by atoms with Gasteiger partial charge in [0.25, 0.3) is 0 Å². The molecule has 0 aromatic heterocycles. The molecule has 0 spiro atoms. The summed E-state index contributed by atoms with van der Waals surface area (Å²) in [6, 6.07) is 12.6. The first-order valence-electron chi connectivity index (χ1n) is 6.77. The minimum atomic E-state index is -4.52. The summed E-state index contributed by atoms with van der Waals surface area (Å²) in [5, 5.41) is 4.66. The third-order valence-corrected chi connectivity index (χ3v) is 3.87. The number of rotatable bonds is 3. The number of nitrogens with one attached hydrogen (secondary N) is 2. The van der Waals surface area contributed by atoms with Crippen molar-refractivity contribution < 1.29 is 18.0 Å². The maximum Gasteiger partial charge on any atom is 0.418 e. The Bertz CT molecular complexity index is 751. The van der Waals surface area contributed by atoms with E-state index in [1.807, 2.05) is 28.7 Å². The average molecular weight is 464 g/mol. The zero-order valence-electron chi connectivity index (χ0n) is 12.2. The minimum Gasteiger partial charge on any atom is -0.332 e. The van der Waals surface area contributed by atoms with Gasteiger partial charge in [-0.25, -0.2) is 0 Å². The van der Waals surface area contributed by atoms with Crippen LogP contribution in [0.15, 0.2) is 48.5 Å². The maximum atomic E-state index is 13.0. The van der Waals surface area contributed by atoms with Gasteiger partial charge in [0.15, 0.2) is 5.11 Å². The van der Waals surface area contributed by atoms with Crippen LogP contribution >= 0.6 is 34.8 Å². The van der Waals surface area contributed by atoms with Crippen molar-refractivity contribution in [3.63, 3.8) is 0 Å². The van der Waals surface area contributed by atoms with Crippen LogP contribution in [0, 0.1) is 3.57 Å². The smallest absolute Gasteiger partial charge is 0.332 e. The van der Waals surface area contributed by atoms with Crippen LogP contribution in [0.5, 0.6) is 0 Å². The summed E-state index contributed by atoms with van der Waals surface area (Å²) in [7, 11) is 0. The molecule has 0 bridgehead atoms. The van der Waals surface area contributed by atoms with Gasteiger partial charge in [-0.2, -0.15) is 13.2 Å². The largest absolute Gasteiger partial charge is 0.418 e. The molecule has 8 heteroatoms. The molecule has 126 valence electrons. The van der Waals surface area contributed by atoms with E-state index in [9.17, 15) is 18.0 Å². The van der Waals surface area contributed by atoms with Crippen molar-refractivity contribution in [2.75, 3.05) is 5.32 Å². The Labute approximate surface area is 155 Å². The highest BCUT2D eigenvalue weighted by Crippen LogP contribution is 2.35. The second kappa shape index (κ2) is 7.93. The number of hydrogen-bond acceptors (Lipinski definition) is 2. The van der Waals surface area contributed by atoms with Gasteiger partial charge in [-0.15, -0.1) is 0 Å². The Morgan fingerprint density at radius 3 is 2.42 bits per heavy atom. The van der Waals surface area contributed by atoms with Crippen molar-refractivity contribution in [2.45, 2.75) is 12.6 Å². The van der Waals surface area contributed by atoms with Crippen molar-refractivity contribution in [3.8, 4) is 0 Å². The number of thiocarbonyl (C=S) groups is 1. The lowest BCUT2D eigenvalue weighted by Gasteiger charge is -2.16. The summed E-state index contributed by atoms with van der Waals surface area (Å²) < 4.78 is 39.6. The Morgan fingerprint density at radius 1 is 1.12 bits per heavy atom. The van der Waals surface area contributed by atoms with Crippen molar-refractivity contribution in [1.29, 1.82) is 0 Å². The van der Waals surface area contributed by atoms with E-state index in [0.717, 1.165) is 11.6 Å². The Morgan fingerprint density at radius 2 is 1.79 bits per heavy atom. The van der Waals surface area contributed by atoms with Crippen LogP contribution in [0.1, 0.15) is 11.1 Å². The van der Waals surface area contributed by atoms with Crippen LogP contribution in [0.2, 0.25) is 0 Å². The topological polar surface area (TPSA) is 41.1 Å². The van der Waals surface area contributed by atoms with E-state index in [1.54, 1.807) is 24.3 Å². The molecule has 24 heavy (non-hydrogen) atoms. The third kappa shape index (κ3) is 5.45. The first-order valence-corrected chi connectivity index (χ1v) is 8.26. The number of alkyl halides is 3. The number of carbonyl (C=O) groups excluding carboxylic acids is 1. The van der Waals surface area contributed by atoms with E-state index in [-0.39, 0.29) is 17.2 Å². The number of carbonyl (C=O) groups is 1. The van der Waals surface area contributed by atoms with Crippen molar-refractivity contribution in [2.24, 2.45) is 0 Å². The van der Waals surface area contributed by atoms with Gasteiger partial charge >= 0.3 is 6.18 Å². The van der Waals surface area contributed by atoms with Gasteiger partial charge in [-0.1, -0.05) is 30.3 Å². The monoisotopic (exact) mass is 464 g/mol. The van der Waals surface area contributed by atoms with Crippen LogP contribution in [-0.2, 0) is 17.4 Å². The van der Waals surface area contributed by atoms with Crippen LogP contribution in [-0.4, -0.2) is 11.0 Å². The maximum absolute atomic E-state index is 13.0. The molecule has 0 saturated carbocycles. The van der Waals surface area contributed by atoms with Gasteiger partial charge in [-0.3, -0.25) is 4.79 Å². The molecule has 0 heterocycles. The van der Waals surface area contributed by atoms with Crippen LogP contribution in [0.4, 0.5) is 18.9 Å². The first-order chi connectivity index (χ1) is 11.3. The highest BCUT2D eigenvalue weighted by Gasteiger charge is 2.33. The van der Waals surface area contributed by atoms with E-state index in [2.05, 4.69) is 10.6 Å². The molecule has 0 atom stereocenters. The van der Waals surface area contributed by atoms with Crippen LogP contribution in [0.3, 0.4) is 0 Å². The van der Waals surface area contributed by atoms with Gasteiger partial charge in [0.2, 0.25) is 5.91 Å². The lowest BCUT2D eigenvalue weighted by atomic mass is 10.1. The summed E-state index contributed by atoms with van der Waals surface area (Å²) in [6.45, 7) is 0. The fraction of sp³-hybridized carbons (Fsp3) is 0.125. The standard InChI is InChI=1S/C16H12F3IN2OS/c17-16(18,19)12-7-6-11(20)9-13(12)21-15(24)22-14(23)8-10-4-2-1-3-5-10/h1-7,9H,8H2,(H2,21,22,23,24). The molecule has 2 rings (SSSR count). The van der Waals surface area contributed by atoms with E-state index in [0.29, 0.717) is 3.57 Å². The molecule has 0 saturated heterocycles. The molecule has 0 radical (unpaired) electrons. The lowest BCUT2D eigenvalue weighted by Crippen LogP contribution is -2.35. The van der Waals surface area contributed by atoms with Gasteiger partial charge in [-0.05, 0) is 58.6 Å². The summed E-state index contributed by atoms with van der Waals surface area (Å²) in [6.07, 6.45) is -4.43. The number of halogens is 4. The molecular formula is C16H12F3IN2OS. The van der Waals surface area contributed by atoms with Crippen molar-refractivity contribution in [3.05, 3.63) is 63.2 Å². The molecule has 1 amide bonds. The number of anilines is 1. The molecule has 0 fully saturated rings. The Hall–Kier alpha value is -1.68. The van der Waals surface area contributed by atoms with Crippen LogP contribution in [0.25, 0.3) is 0 Å². The van der Waals surface area contributed by atoms with Crippen molar-refractivity contribution >= 4 is 51.5 Å². The number of hydrogen-bond donors (Lipinski definition) is 2. The third-order valence-electron chi connectivity index (χ3n) is 3.00. The molecule has 0 aliphatic carbocycles. The van der Waals surface area contributed by atoms with E-state index in [1.165, 1.54) is 12.1 Å². The second-order valence-electron chi connectivity index (χ2n) is 4.85. The molecule has 2 N–H and O–H groups in total. The molecule has 0 aliphatic heterocycles. The number of amides is 1. The predicted octanol–water partition coefficient (Wildman–Crippen LogP) is 4.37. The highest BCUT2D eigenvalue weighted by molar-refractivity contribution is 14.1. The summed E-state index contributed by atoms with van der Waals surface area (Å²) >= 11 is 6.84. The summed E-state index contributed by atoms with van der Waals surface area (Å²) in [5.41, 5.74) is -0.259. The molecule has 2 aromatic carbocycles. The normalized spacial score (nSPS) is 11.0. The first kappa shape index (κ1) is 18.7. The quantitative estimate of drug-likeness (QED) is 0.524. The molecule has 2 aromatic rings. The van der Waals surface area contributed by atoms with Gasteiger partial charge < -0.3 is 10.6 Å². The summed E-state index contributed by atoms with van der Waals surface area (Å²) in [4.78, 5) is 11.9. The minimum absolute atomic E-state index is 0.0844. The fourth-order valence-electron chi connectivity index (χ4n) is 1.97. The zero-order chi connectivity index (χ0) is 17.7. The number of benzene rings is 2. The lowest BCUT2D eigenvalue weighted by molar-refractivity contribution is -0.136. The van der Waals surface area contributed by atoms with E-state index >= 15 is 0 Å². The molecule has 0 aliphatic rings. The highest BCUT2D eigenvalue weighted by atomic mass is 127. The zero-order valence-corrected chi connectivity index (χ0v) is 15.1. The fourth-order valence-corrected chi connectivity index (χ4v) is 2.69. The molecule has 0 unspecified atom stereocenters. The Kier molecular flexibility index (Phi) is 6.16. The predicted molar refractivity (Wildman–Crippen MR) is 98.7 cm³/mol. The van der Waals surface area contributed by atoms with Gasteiger partial charge in [0.1, 0.15) is 0 Å². The van der Waals surface area contributed by atoms with Gasteiger partial charge in [0, 0.05) is 3.57 Å². The van der Waals surface area contributed by atoms with Crippen LogP contribution < -0.4 is 10.6 Å². The average Bonchev–Trinajstić information content (AvgIpc) is 2.46. The Balaban J connectivity index is 2.05. The molecule has 3 nitrogen and oxygen atoms in total. The van der Waals surface area contributed by atoms with E-state index in [4.69, 9.17) is 12.2 Å². The summed E-state index contributed by atoms with van der Waals surface area (Å²) in [5.74, 6) is -0.405. The van der Waals surface area contributed by atoms with Crippen molar-refractivity contribution in [1.82, 2.24) is 5.32 Å². The SMILES string of the molecule is O=C(Cc1ccccc1)NC(=S)Nc1cc(I)ccc1C(F)(F)F. The van der Waals surface area contributed by atoms with Gasteiger partial charge in [0.05, 0.1) is 17.7 Å². The second-order valence-corrected chi connectivity index (χ2v) is 6.51. The molecular weight excluding hydrogens is 452 g/mol. The van der Waals surface area contributed by atoms with E-state index < -0.39 is 17.6 Å².